The molecule has 53 valence electrons. The van der Waals surface area contributed by atoms with E-state index >= 15 is 0 Å². The maximum absolute atomic E-state index is 12.3. The zero-order valence-corrected chi connectivity index (χ0v) is 5.00. The van der Waals surface area contributed by atoms with Crippen molar-refractivity contribution in [3.63, 3.8) is 0 Å². The van der Waals surface area contributed by atoms with Crippen LogP contribution in [0.5, 0.6) is 0 Å². The van der Waals surface area contributed by atoms with Crippen molar-refractivity contribution in [2.45, 2.75) is 0 Å². The van der Waals surface area contributed by atoms with Gasteiger partial charge in [0, 0.05) is 6.07 Å². The summed E-state index contributed by atoms with van der Waals surface area (Å²) in [5.74, 6) is -3.10. The monoisotopic (exact) mass is 145 g/mol. The van der Waals surface area contributed by atoms with Gasteiger partial charge in [-0.1, -0.05) is 0 Å². The molecule has 0 amide bonds. The van der Waals surface area contributed by atoms with Crippen LogP contribution in [0.15, 0.2) is 12.1 Å². The summed E-state index contributed by atoms with van der Waals surface area (Å²) in [6, 6.07) is 1.18. The van der Waals surface area contributed by atoms with E-state index in [-0.39, 0.29) is 5.56 Å². The third kappa shape index (κ3) is 1.12. The van der Waals surface area contributed by atoms with Crippen LogP contribution in [0.4, 0.5) is 13.2 Å². The zero-order chi connectivity index (χ0) is 7.72. The van der Waals surface area contributed by atoms with Gasteiger partial charge in [-0.2, -0.15) is 0 Å². The van der Waals surface area contributed by atoms with Gasteiger partial charge in [0.05, 0.1) is 0 Å². The molecule has 0 saturated heterocycles. The number of hydrogen-bond donors (Lipinski definition) is 0. The standard InChI is InChI=1S/C7H4F3/c1-4-2-6(9)7(10)3-5(4)8/h2-3H,1H2. The highest BCUT2D eigenvalue weighted by Crippen LogP contribution is 2.11. The average Bonchev–Trinajstić information content (AvgIpc) is 1.84. The summed E-state index contributed by atoms with van der Waals surface area (Å²) < 4.78 is 36.6. The van der Waals surface area contributed by atoms with Crippen LogP contribution >= 0.6 is 0 Å². The summed E-state index contributed by atoms with van der Waals surface area (Å²) in [7, 11) is 0. The highest BCUT2D eigenvalue weighted by atomic mass is 19.2. The lowest BCUT2D eigenvalue weighted by molar-refractivity contribution is 0.493. The van der Waals surface area contributed by atoms with E-state index in [0.29, 0.717) is 12.1 Å². The molecule has 0 saturated carbocycles. The lowest BCUT2D eigenvalue weighted by atomic mass is 10.2. The molecule has 1 aromatic rings. The molecule has 1 aromatic carbocycles. The second kappa shape index (κ2) is 2.33. The fraction of sp³-hybridized carbons (Fsp3) is 0. The van der Waals surface area contributed by atoms with E-state index in [2.05, 4.69) is 6.92 Å². The first-order valence-corrected chi connectivity index (χ1v) is 2.58. The molecule has 0 N–H and O–H groups in total. The van der Waals surface area contributed by atoms with Gasteiger partial charge in [0.15, 0.2) is 11.6 Å². The fourth-order valence-corrected chi connectivity index (χ4v) is 0.564. The molecule has 0 aliphatic rings. The first-order valence-electron chi connectivity index (χ1n) is 2.58. The molecule has 0 aromatic heterocycles. The van der Waals surface area contributed by atoms with Crippen LogP contribution in [-0.2, 0) is 0 Å². The molecule has 0 bridgehead atoms. The molecule has 0 aliphatic heterocycles. The Morgan fingerprint density at radius 1 is 0.900 bits per heavy atom. The number of rotatable bonds is 0. The molecular formula is C7H4F3. The molecule has 10 heavy (non-hydrogen) atoms. The predicted octanol–water partition coefficient (Wildman–Crippen LogP) is 2.29. The van der Waals surface area contributed by atoms with Gasteiger partial charge in [0.25, 0.3) is 0 Å². The van der Waals surface area contributed by atoms with Crippen molar-refractivity contribution in [1.82, 2.24) is 0 Å². The first-order chi connectivity index (χ1) is 4.61. The van der Waals surface area contributed by atoms with Crippen molar-refractivity contribution in [3.05, 3.63) is 42.1 Å². The average molecular weight is 145 g/mol. The second-order valence-electron chi connectivity index (χ2n) is 1.86. The third-order valence-electron chi connectivity index (χ3n) is 1.09. The van der Waals surface area contributed by atoms with Crippen LogP contribution in [0, 0.1) is 24.4 Å². The second-order valence-corrected chi connectivity index (χ2v) is 1.86. The Morgan fingerprint density at radius 3 is 1.90 bits per heavy atom. The van der Waals surface area contributed by atoms with E-state index in [1.54, 1.807) is 0 Å². The van der Waals surface area contributed by atoms with Gasteiger partial charge in [-0.25, -0.2) is 13.2 Å². The Hall–Kier alpha value is -0.990. The van der Waals surface area contributed by atoms with E-state index in [4.69, 9.17) is 0 Å². The first kappa shape index (κ1) is 7.12. The van der Waals surface area contributed by atoms with Crippen LogP contribution < -0.4 is 0 Å². The number of hydrogen-bond acceptors (Lipinski definition) is 0. The smallest absolute Gasteiger partial charge is 0.161 e. The minimum absolute atomic E-state index is 0.140. The third-order valence-corrected chi connectivity index (χ3v) is 1.09. The molecule has 0 atom stereocenters. The normalized spacial score (nSPS) is 10.0. The van der Waals surface area contributed by atoms with Crippen LogP contribution in [0.3, 0.4) is 0 Å². The molecule has 3 heteroatoms. The Morgan fingerprint density at radius 2 is 1.40 bits per heavy atom. The minimum Gasteiger partial charge on any atom is -0.207 e. The lowest BCUT2D eigenvalue weighted by Gasteiger charge is -1.95. The molecule has 0 unspecified atom stereocenters. The largest absolute Gasteiger partial charge is 0.207 e. The number of halogens is 3. The van der Waals surface area contributed by atoms with Gasteiger partial charge in [0.2, 0.25) is 0 Å². The molecule has 0 spiro atoms. The van der Waals surface area contributed by atoms with E-state index in [0.717, 1.165) is 0 Å². The van der Waals surface area contributed by atoms with Crippen molar-refractivity contribution in [2.75, 3.05) is 0 Å². The lowest BCUT2D eigenvalue weighted by Crippen LogP contribution is -1.89. The maximum Gasteiger partial charge on any atom is 0.161 e. The van der Waals surface area contributed by atoms with Gasteiger partial charge in [-0.05, 0) is 18.6 Å². The van der Waals surface area contributed by atoms with Gasteiger partial charge in [-0.15, -0.1) is 0 Å². The summed E-state index contributed by atoms with van der Waals surface area (Å²) in [4.78, 5) is 0. The minimum atomic E-state index is -1.19. The van der Waals surface area contributed by atoms with Gasteiger partial charge < -0.3 is 0 Å². The Balaban J connectivity index is 3.28. The zero-order valence-electron chi connectivity index (χ0n) is 5.00. The Bertz CT molecular complexity index is 205. The quantitative estimate of drug-likeness (QED) is 0.491. The summed E-state index contributed by atoms with van der Waals surface area (Å²) in [5.41, 5.74) is -0.140. The van der Waals surface area contributed by atoms with E-state index < -0.39 is 17.5 Å². The van der Waals surface area contributed by atoms with Gasteiger partial charge in [-0.3, -0.25) is 0 Å². The Labute approximate surface area is 56.3 Å². The molecule has 0 nitrogen and oxygen atoms in total. The highest BCUT2D eigenvalue weighted by molar-refractivity contribution is 5.21. The summed E-state index contributed by atoms with van der Waals surface area (Å²) in [5, 5.41) is 0. The van der Waals surface area contributed by atoms with Crippen LogP contribution in [0.2, 0.25) is 0 Å². The molecule has 0 fully saturated rings. The molecule has 1 radical (unpaired) electrons. The summed E-state index contributed by atoms with van der Waals surface area (Å²) in [6.45, 7) is 3.14. The fourth-order valence-electron chi connectivity index (χ4n) is 0.564. The van der Waals surface area contributed by atoms with Gasteiger partial charge in [0.1, 0.15) is 5.82 Å². The molecule has 0 heterocycles. The van der Waals surface area contributed by atoms with Crippen molar-refractivity contribution < 1.29 is 13.2 Å². The van der Waals surface area contributed by atoms with E-state index in [1.807, 2.05) is 0 Å². The van der Waals surface area contributed by atoms with Crippen LogP contribution in [0.25, 0.3) is 0 Å². The van der Waals surface area contributed by atoms with Crippen LogP contribution in [-0.4, -0.2) is 0 Å². The molecular weight excluding hydrogens is 141 g/mol. The topological polar surface area (TPSA) is 0 Å². The predicted molar refractivity (Wildman–Crippen MR) is 30.8 cm³/mol. The summed E-state index contributed by atoms with van der Waals surface area (Å²) >= 11 is 0. The Kier molecular flexibility index (Phi) is 1.66. The van der Waals surface area contributed by atoms with Gasteiger partial charge >= 0.3 is 0 Å². The molecule has 0 aliphatic carbocycles. The van der Waals surface area contributed by atoms with Crippen molar-refractivity contribution in [3.8, 4) is 0 Å². The van der Waals surface area contributed by atoms with Crippen molar-refractivity contribution >= 4 is 0 Å². The van der Waals surface area contributed by atoms with E-state index in [1.165, 1.54) is 0 Å². The highest BCUT2D eigenvalue weighted by Gasteiger charge is 2.04. The maximum atomic E-state index is 12.3. The van der Waals surface area contributed by atoms with E-state index in [9.17, 15) is 13.2 Å². The SMILES string of the molecule is [CH2]c1cc(F)c(F)cc1F. The van der Waals surface area contributed by atoms with Crippen molar-refractivity contribution in [1.29, 1.82) is 0 Å². The van der Waals surface area contributed by atoms with Crippen LogP contribution in [0.1, 0.15) is 5.56 Å². The number of benzene rings is 1. The molecule has 1 rings (SSSR count). The summed E-state index contributed by atoms with van der Waals surface area (Å²) in [6.07, 6.45) is 0. The van der Waals surface area contributed by atoms with Crippen molar-refractivity contribution in [2.24, 2.45) is 0 Å².